The van der Waals surface area contributed by atoms with Gasteiger partial charge in [0.2, 0.25) is 11.8 Å². The van der Waals surface area contributed by atoms with Crippen molar-refractivity contribution in [3.05, 3.63) is 0 Å². The lowest BCUT2D eigenvalue weighted by Crippen LogP contribution is -2.58. The third-order valence-electron chi connectivity index (χ3n) is 8.68. The van der Waals surface area contributed by atoms with E-state index in [1.54, 1.807) is 0 Å². The summed E-state index contributed by atoms with van der Waals surface area (Å²) in [4.78, 5) is 28.0. The zero-order valence-electron chi connectivity index (χ0n) is 20.0. The van der Waals surface area contributed by atoms with Crippen LogP contribution < -0.4 is 16.0 Å². The van der Waals surface area contributed by atoms with Gasteiger partial charge in [-0.05, 0) is 75.7 Å². The van der Waals surface area contributed by atoms with Crippen molar-refractivity contribution in [1.82, 2.24) is 20.9 Å². The van der Waals surface area contributed by atoms with Crippen LogP contribution in [0, 0.1) is 17.8 Å². The molecule has 3 aliphatic heterocycles. The van der Waals surface area contributed by atoms with E-state index in [-0.39, 0.29) is 36.0 Å². The van der Waals surface area contributed by atoms with Gasteiger partial charge in [0.1, 0.15) is 0 Å². The van der Waals surface area contributed by atoms with Gasteiger partial charge in [-0.25, -0.2) is 0 Å². The maximum atomic E-state index is 13.3. The molecule has 182 valence electrons. The first-order chi connectivity index (χ1) is 15.4. The van der Waals surface area contributed by atoms with Crippen LogP contribution in [-0.4, -0.2) is 71.7 Å². The zero-order chi connectivity index (χ0) is 22.7. The van der Waals surface area contributed by atoms with Crippen LogP contribution in [0.5, 0.6) is 0 Å². The molecule has 4 rings (SSSR count). The van der Waals surface area contributed by atoms with E-state index < -0.39 is 0 Å². The van der Waals surface area contributed by atoms with Crippen molar-refractivity contribution in [3.8, 4) is 0 Å². The Kier molecular flexibility index (Phi) is 8.11. The largest absolute Gasteiger partial charge is 0.393 e. The second-order valence-corrected chi connectivity index (χ2v) is 11.0. The fraction of sp³-hybridized carbons (Fsp3) is 0.920. The third-order valence-corrected chi connectivity index (χ3v) is 8.68. The minimum absolute atomic E-state index is 0.0287. The number of hydrogen-bond acceptors (Lipinski definition) is 5. The number of rotatable bonds is 6. The van der Waals surface area contributed by atoms with Gasteiger partial charge in [-0.3, -0.25) is 9.59 Å². The molecule has 7 unspecified atom stereocenters. The van der Waals surface area contributed by atoms with Crippen LogP contribution in [0.15, 0.2) is 0 Å². The van der Waals surface area contributed by atoms with Crippen LogP contribution in [0.1, 0.15) is 78.1 Å². The number of fused-ring (bicyclic) bond motifs is 1. The average molecular weight is 449 g/mol. The number of hydrogen-bond donors (Lipinski definition) is 4. The van der Waals surface area contributed by atoms with Crippen molar-refractivity contribution >= 4 is 11.8 Å². The normalized spacial score (nSPS) is 37.0. The summed E-state index contributed by atoms with van der Waals surface area (Å²) in [5.41, 5.74) is 0. The summed E-state index contributed by atoms with van der Waals surface area (Å²) >= 11 is 0. The van der Waals surface area contributed by atoms with E-state index in [2.05, 4.69) is 29.8 Å². The number of nitrogens with zero attached hydrogens (tertiary/aromatic N) is 1. The molecule has 2 amide bonds. The third kappa shape index (κ3) is 5.65. The Labute approximate surface area is 193 Å². The Hall–Kier alpha value is -1.18. The van der Waals surface area contributed by atoms with Crippen molar-refractivity contribution in [1.29, 1.82) is 0 Å². The van der Waals surface area contributed by atoms with Gasteiger partial charge in [-0.2, -0.15) is 0 Å². The standard InChI is InChI=1S/C25H44N4O3/c1-16-5-3-7-18-15-21(27-23(16)18)25(32)28-20(24-17(2)6-4-12-26-24)8-9-22(31)29-13-10-19(30)11-14-29/h16-21,23-24,26-27,30H,3-15H2,1-2H3,(H,28,32). The van der Waals surface area contributed by atoms with Gasteiger partial charge in [-0.1, -0.05) is 20.3 Å². The van der Waals surface area contributed by atoms with Gasteiger partial charge in [0.15, 0.2) is 0 Å². The van der Waals surface area contributed by atoms with E-state index in [9.17, 15) is 14.7 Å². The number of aliphatic hydroxyl groups excluding tert-OH is 1. The molecule has 3 saturated heterocycles. The maximum absolute atomic E-state index is 13.3. The van der Waals surface area contributed by atoms with E-state index in [1.807, 2.05) is 4.90 Å². The van der Waals surface area contributed by atoms with Crippen LogP contribution in [0.3, 0.4) is 0 Å². The topological polar surface area (TPSA) is 93.7 Å². The van der Waals surface area contributed by atoms with Gasteiger partial charge >= 0.3 is 0 Å². The summed E-state index contributed by atoms with van der Waals surface area (Å²) < 4.78 is 0. The molecule has 1 aliphatic carbocycles. The molecule has 4 fully saturated rings. The highest BCUT2D eigenvalue weighted by molar-refractivity contribution is 5.82. The molecule has 4 aliphatic rings. The summed E-state index contributed by atoms with van der Waals surface area (Å²) in [6.07, 6.45) is 9.21. The highest BCUT2D eigenvalue weighted by Crippen LogP contribution is 2.36. The molecule has 0 aromatic heterocycles. The summed E-state index contributed by atoms with van der Waals surface area (Å²) in [7, 11) is 0. The van der Waals surface area contributed by atoms with Crippen molar-refractivity contribution < 1.29 is 14.7 Å². The average Bonchev–Trinajstić information content (AvgIpc) is 3.23. The first-order valence-corrected chi connectivity index (χ1v) is 13.2. The number of nitrogens with one attached hydrogen (secondary N) is 3. The predicted octanol–water partition coefficient (Wildman–Crippen LogP) is 1.79. The monoisotopic (exact) mass is 448 g/mol. The van der Waals surface area contributed by atoms with Gasteiger partial charge in [0.25, 0.3) is 0 Å². The molecule has 3 heterocycles. The molecule has 7 atom stereocenters. The van der Waals surface area contributed by atoms with Gasteiger partial charge < -0.3 is 26.0 Å². The summed E-state index contributed by atoms with van der Waals surface area (Å²) in [5, 5.41) is 20.4. The molecule has 4 N–H and O–H groups in total. The Balaban J connectivity index is 1.36. The zero-order valence-corrected chi connectivity index (χ0v) is 20.0. The molecule has 0 aromatic rings. The van der Waals surface area contributed by atoms with E-state index >= 15 is 0 Å². The lowest BCUT2D eigenvalue weighted by molar-refractivity contribution is -0.134. The van der Waals surface area contributed by atoms with E-state index in [0.717, 1.165) is 19.4 Å². The smallest absolute Gasteiger partial charge is 0.237 e. The van der Waals surface area contributed by atoms with Crippen LogP contribution in [0.2, 0.25) is 0 Å². The summed E-state index contributed by atoms with van der Waals surface area (Å²) in [5.74, 6) is 2.01. The minimum atomic E-state index is -0.274. The van der Waals surface area contributed by atoms with E-state index in [0.29, 0.717) is 62.6 Å². The fourth-order valence-corrected chi connectivity index (χ4v) is 6.67. The van der Waals surface area contributed by atoms with Crippen molar-refractivity contribution in [2.75, 3.05) is 19.6 Å². The molecule has 32 heavy (non-hydrogen) atoms. The van der Waals surface area contributed by atoms with Gasteiger partial charge in [0.05, 0.1) is 12.1 Å². The Morgan fingerprint density at radius 3 is 2.53 bits per heavy atom. The number of carbonyl (C=O) groups is 2. The quantitative estimate of drug-likeness (QED) is 0.497. The van der Waals surface area contributed by atoms with Crippen LogP contribution in [-0.2, 0) is 9.59 Å². The molecular weight excluding hydrogens is 404 g/mol. The highest BCUT2D eigenvalue weighted by Gasteiger charge is 2.42. The molecular formula is C25H44N4O3. The number of carbonyl (C=O) groups excluding carboxylic acids is 2. The summed E-state index contributed by atoms with van der Waals surface area (Å²) in [6.45, 7) is 6.83. The second kappa shape index (κ2) is 10.8. The lowest BCUT2D eigenvalue weighted by Gasteiger charge is -2.37. The van der Waals surface area contributed by atoms with Crippen LogP contribution in [0.4, 0.5) is 0 Å². The number of aliphatic hydroxyl groups is 1. The first-order valence-electron chi connectivity index (χ1n) is 13.2. The van der Waals surface area contributed by atoms with Gasteiger partial charge in [-0.15, -0.1) is 0 Å². The highest BCUT2D eigenvalue weighted by atomic mass is 16.3. The minimum Gasteiger partial charge on any atom is -0.393 e. The lowest BCUT2D eigenvalue weighted by atomic mass is 9.78. The number of likely N-dealkylation sites (tertiary alicyclic amines) is 1. The Morgan fingerprint density at radius 1 is 1.06 bits per heavy atom. The first kappa shape index (κ1) is 24.0. The molecule has 0 radical (unpaired) electrons. The molecule has 0 bridgehead atoms. The van der Waals surface area contributed by atoms with Crippen LogP contribution >= 0.6 is 0 Å². The molecule has 1 saturated carbocycles. The Morgan fingerprint density at radius 2 is 1.81 bits per heavy atom. The van der Waals surface area contributed by atoms with E-state index in [1.165, 1.54) is 25.7 Å². The second-order valence-electron chi connectivity index (χ2n) is 11.0. The fourth-order valence-electron chi connectivity index (χ4n) is 6.67. The van der Waals surface area contributed by atoms with Crippen LogP contribution in [0.25, 0.3) is 0 Å². The SMILES string of the molecule is CC1CCCC2CC(C(=O)NC(CCC(=O)N3CCC(O)CC3)C3NCCCC3C)NC12. The van der Waals surface area contributed by atoms with Gasteiger partial charge in [0, 0.05) is 37.6 Å². The van der Waals surface area contributed by atoms with E-state index in [4.69, 9.17) is 0 Å². The molecule has 0 aromatic carbocycles. The van der Waals surface area contributed by atoms with Crippen molar-refractivity contribution in [2.24, 2.45) is 17.8 Å². The van der Waals surface area contributed by atoms with Crippen molar-refractivity contribution in [2.45, 2.75) is 108 Å². The molecule has 7 heteroatoms. The maximum Gasteiger partial charge on any atom is 0.237 e. The predicted molar refractivity (Wildman–Crippen MR) is 125 cm³/mol. The molecule has 7 nitrogen and oxygen atoms in total. The number of piperidine rings is 2. The Bertz CT molecular complexity index is 651. The van der Waals surface area contributed by atoms with Crippen molar-refractivity contribution in [3.63, 3.8) is 0 Å². The summed E-state index contributed by atoms with van der Waals surface area (Å²) in [6, 6.07) is 0.553. The number of amides is 2. The molecule has 0 spiro atoms.